The molecule has 0 spiro atoms. The van der Waals surface area contributed by atoms with Crippen LogP contribution in [0.15, 0.2) is 12.1 Å². The molecule has 18 heavy (non-hydrogen) atoms. The number of rotatable bonds is 3. The SMILES string of the molecule is COc1ccc([C@@H]2CCOC(=O)N2)c(Cl)c1OC. The Hall–Kier alpha value is -1.62. The van der Waals surface area contributed by atoms with Crippen molar-refractivity contribution < 1.29 is 19.0 Å². The van der Waals surface area contributed by atoms with E-state index in [0.717, 1.165) is 5.56 Å². The van der Waals surface area contributed by atoms with Crippen LogP contribution in [0, 0.1) is 0 Å². The number of carbonyl (C=O) groups excluding carboxylic acids is 1. The van der Waals surface area contributed by atoms with E-state index in [9.17, 15) is 4.79 Å². The number of carbonyl (C=O) groups is 1. The lowest BCUT2D eigenvalue weighted by Gasteiger charge is -2.25. The van der Waals surface area contributed by atoms with Gasteiger partial charge in [-0.15, -0.1) is 0 Å². The van der Waals surface area contributed by atoms with E-state index >= 15 is 0 Å². The average molecular weight is 272 g/mol. The second-order valence-corrected chi connectivity index (χ2v) is 4.20. The summed E-state index contributed by atoms with van der Waals surface area (Å²) in [5.74, 6) is 1.03. The van der Waals surface area contributed by atoms with Gasteiger partial charge in [-0.3, -0.25) is 0 Å². The van der Waals surface area contributed by atoms with Gasteiger partial charge < -0.3 is 19.5 Å². The van der Waals surface area contributed by atoms with Crippen LogP contribution in [-0.2, 0) is 4.74 Å². The first-order valence-electron chi connectivity index (χ1n) is 5.51. The highest BCUT2D eigenvalue weighted by Crippen LogP contribution is 2.40. The predicted octanol–water partition coefficient (Wildman–Crippen LogP) is 2.53. The van der Waals surface area contributed by atoms with E-state index in [1.807, 2.05) is 6.07 Å². The van der Waals surface area contributed by atoms with Crippen LogP contribution in [0.4, 0.5) is 4.79 Å². The van der Waals surface area contributed by atoms with Gasteiger partial charge in [0.05, 0.1) is 31.9 Å². The number of amides is 1. The van der Waals surface area contributed by atoms with Crippen LogP contribution in [-0.4, -0.2) is 26.9 Å². The van der Waals surface area contributed by atoms with E-state index in [1.54, 1.807) is 13.2 Å². The summed E-state index contributed by atoms with van der Waals surface area (Å²) in [6.45, 7) is 0.376. The molecule has 5 nitrogen and oxygen atoms in total. The Morgan fingerprint density at radius 3 is 2.78 bits per heavy atom. The molecule has 1 amide bonds. The molecule has 1 heterocycles. The minimum absolute atomic E-state index is 0.168. The number of halogens is 1. The zero-order valence-corrected chi connectivity index (χ0v) is 10.9. The van der Waals surface area contributed by atoms with Gasteiger partial charge in [-0.1, -0.05) is 17.7 Å². The van der Waals surface area contributed by atoms with E-state index in [-0.39, 0.29) is 6.04 Å². The maximum atomic E-state index is 11.2. The summed E-state index contributed by atoms with van der Waals surface area (Å²) in [5, 5.41) is 3.17. The fourth-order valence-electron chi connectivity index (χ4n) is 1.93. The number of methoxy groups -OCH3 is 2. The van der Waals surface area contributed by atoms with E-state index < -0.39 is 6.09 Å². The first kappa shape index (κ1) is 12.8. The molecule has 1 saturated heterocycles. The molecule has 1 aliphatic heterocycles. The molecule has 98 valence electrons. The second kappa shape index (κ2) is 5.35. The van der Waals surface area contributed by atoms with Crippen molar-refractivity contribution in [3.05, 3.63) is 22.7 Å². The van der Waals surface area contributed by atoms with Crippen molar-refractivity contribution in [2.75, 3.05) is 20.8 Å². The molecule has 6 heteroatoms. The summed E-state index contributed by atoms with van der Waals surface area (Å²) in [6.07, 6.45) is 0.234. The Balaban J connectivity index is 2.36. The average Bonchev–Trinajstić information content (AvgIpc) is 2.38. The Bertz CT molecular complexity index is 464. The molecule has 0 unspecified atom stereocenters. The smallest absolute Gasteiger partial charge is 0.407 e. The third kappa shape index (κ3) is 2.31. The quantitative estimate of drug-likeness (QED) is 0.918. The fraction of sp³-hybridized carbons (Fsp3) is 0.417. The molecule has 0 bridgehead atoms. The fourth-order valence-corrected chi connectivity index (χ4v) is 2.30. The number of alkyl carbamates (subject to hydrolysis) is 1. The van der Waals surface area contributed by atoms with Gasteiger partial charge in [0, 0.05) is 6.42 Å². The molecule has 1 aromatic carbocycles. The summed E-state index contributed by atoms with van der Waals surface area (Å²) in [4.78, 5) is 11.2. The van der Waals surface area contributed by atoms with Gasteiger partial charge in [0.25, 0.3) is 0 Å². The van der Waals surface area contributed by atoms with E-state index in [4.69, 9.17) is 25.8 Å². The molecule has 1 atom stereocenters. The highest BCUT2D eigenvalue weighted by Gasteiger charge is 2.25. The molecule has 1 aromatic rings. The topological polar surface area (TPSA) is 56.8 Å². The van der Waals surface area contributed by atoms with Crippen LogP contribution in [0.2, 0.25) is 5.02 Å². The zero-order chi connectivity index (χ0) is 13.1. The summed E-state index contributed by atoms with van der Waals surface area (Å²) in [6, 6.07) is 3.42. The lowest BCUT2D eigenvalue weighted by Crippen LogP contribution is -2.35. The minimum atomic E-state index is -0.433. The van der Waals surface area contributed by atoms with E-state index in [0.29, 0.717) is 29.5 Å². The zero-order valence-electron chi connectivity index (χ0n) is 10.2. The molecule has 0 aliphatic carbocycles. The molecule has 0 aromatic heterocycles. The maximum Gasteiger partial charge on any atom is 0.407 e. The number of hydrogen-bond donors (Lipinski definition) is 1. The Labute approximate surface area is 110 Å². The first-order valence-corrected chi connectivity index (χ1v) is 5.88. The van der Waals surface area contributed by atoms with Crippen molar-refractivity contribution >= 4 is 17.7 Å². The van der Waals surface area contributed by atoms with Gasteiger partial charge in [0.1, 0.15) is 0 Å². The number of ether oxygens (including phenoxy) is 3. The Morgan fingerprint density at radius 1 is 1.39 bits per heavy atom. The lowest BCUT2D eigenvalue weighted by atomic mass is 10.0. The van der Waals surface area contributed by atoms with Gasteiger partial charge >= 0.3 is 6.09 Å². The molecule has 0 radical (unpaired) electrons. The molecule has 2 rings (SSSR count). The Morgan fingerprint density at radius 2 is 2.17 bits per heavy atom. The molecule has 1 N–H and O–H groups in total. The molecule has 0 saturated carbocycles. The van der Waals surface area contributed by atoms with E-state index in [2.05, 4.69) is 5.32 Å². The number of cyclic esters (lactones) is 1. The monoisotopic (exact) mass is 271 g/mol. The van der Waals surface area contributed by atoms with Crippen LogP contribution in [0.3, 0.4) is 0 Å². The highest BCUT2D eigenvalue weighted by molar-refractivity contribution is 6.33. The van der Waals surface area contributed by atoms with Crippen molar-refractivity contribution in [3.8, 4) is 11.5 Å². The Kier molecular flexibility index (Phi) is 3.81. The van der Waals surface area contributed by atoms with Crippen molar-refractivity contribution in [1.29, 1.82) is 0 Å². The third-order valence-electron chi connectivity index (χ3n) is 2.82. The molecular weight excluding hydrogens is 258 g/mol. The largest absolute Gasteiger partial charge is 0.493 e. The van der Waals surface area contributed by atoms with Crippen molar-refractivity contribution in [2.45, 2.75) is 12.5 Å². The summed E-state index contributed by atoms with van der Waals surface area (Å²) in [7, 11) is 3.07. The second-order valence-electron chi connectivity index (χ2n) is 3.83. The van der Waals surface area contributed by atoms with Gasteiger partial charge in [-0.2, -0.15) is 0 Å². The summed E-state index contributed by atoms with van der Waals surface area (Å²) >= 11 is 6.28. The van der Waals surface area contributed by atoms with Crippen molar-refractivity contribution in [1.82, 2.24) is 5.32 Å². The van der Waals surface area contributed by atoms with Crippen LogP contribution in [0.1, 0.15) is 18.0 Å². The maximum absolute atomic E-state index is 11.2. The van der Waals surface area contributed by atoms with Crippen LogP contribution >= 0.6 is 11.6 Å². The first-order chi connectivity index (χ1) is 8.67. The molecule has 1 fully saturated rings. The molecule has 1 aliphatic rings. The predicted molar refractivity (Wildman–Crippen MR) is 66.4 cm³/mol. The van der Waals surface area contributed by atoms with Crippen LogP contribution in [0.25, 0.3) is 0 Å². The normalized spacial score (nSPS) is 18.8. The van der Waals surface area contributed by atoms with Gasteiger partial charge in [-0.25, -0.2) is 4.79 Å². The summed E-state index contributed by atoms with van der Waals surface area (Å²) < 4.78 is 15.2. The van der Waals surface area contributed by atoms with Crippen LogP contribution in [0.5, 0.6) is 11.5 Å². The van der Waals surface area contributed by atoms with Crippen LogP contribution < -0.4 is 14.8 Å². The minimum Gasteiger partial charge on any atom is -0.493 e. The van der Waals surface area contributed by atoms with Crippen molar-refractivity contribution in [3.63, 3.8) is 0 Å². The summed E-state index contributed by atoms with van der Waals surface area (Å²) in [5.41, 5.74) is 0.797. The van der Waals surface area contributed by atoms with E-state index in [1.165, 1.54) is 7.11 Å². The standard InChI is InChI=1S/C12H14ClNO4/c1-16-9-4-3-7(10(13)11(9)17-2)8-5-6-18-12(15)14-8/h3-4,8H,5-6H2,1-2H3,(H,14,15)/t8-/m0/s1. The van der Waals surface area contributed by atoms with Gasteiger partial charge in [0.15, 0.2) is 11.5 Å². The highest BCUT2D eigenvalue weighted by atomic mass is 35.5. The lowest BCUT2D eigenvalue weighted by molar-refractivity contribution is 0.115. The number of hydrogen-bond acceptors (Lipinski definition) is 4. The van der Waals surface area contributed by atoms with Gasteiger partial charge in [-0.05, 0) is 11.6 Å². The molecular formula is C12H14ClNO4. The number of nitrogens with one attached hydrogen (secondary N) is 1. The van der Waals surface area contributed by atoms with Crippen molar-refractivity contribution in [2.24, 2.45) is 0 Å². The third-order valence-corrected chi connectivity index (χ3v) is 3.21. The van der Waals surface area contributed by atoms with Gasteiger partial charge in [0.2, 0.25) is 0 Å². The number of benzene rings is 1.